The molecule has 18 heavy (non-hydrogen) atoms. The van der Waals surface area contributed by atoms with Crippen LogP contribution in [-0.2, 0) is 4.79 Å². The highest BCUT2D eigenvalue weighted by Gasteiger charge is 2.03. The van der Waals surface area contributed by atoms with E-state index in [0.717, 1.165) is 30.5 Å². The van der Waals surface area contributed by atoms with Crippen LogP contribution >= 0.6 is 11.6 Å². The maximum Gasteiger partial charge on any atom is 0.240 e. The average molecular weight is 267 g/mol. The van der Waals surface area contributed by atoms with E-state index < -0.39 is 0 Å². The Balaban J connectivity index is 2.65. The maximum absolute atomic E-state index is 11.5. The Kier molecular flexibility index (Phi) is 6.44. The Labute approximate surface area is 113 Å². The van der Waals surface area contributed by atoms with Crippen molar-refractivity contribution in [1.82, 2.24) is 5.43 Å². The molecule has 0 fully saturated rings. The zero-order valence-corrected chi connectivity index (χ0v) is 11.6. The second kappa shape index (κ2) is 7.88. The van der Waals surface area contributed by atoms with Crippen LogP contribution in [0.2, 0.25) is 5.02 Å². The number of halogens is 1. The molecule has 0 aromatic heterocycles. The molecule has 1 N–H and O–H groups in total. The van der Waals surface area contributed by atoms with Crippen LogP contribution in [0.4, 0.5) is 0 Å². The molecule has 0 aliphatic carbocycles. The highest BCUT2D eigenvalue weighted by molar-refractivity contribution is 6.30. The SMILES string of the molecule is CCCCC(=O)N/N=C(\CC)c1ccc(Cl)cc1. The number of unbranched alkanes of at least 4 members (excludes halogenated alkanes) is 1. The summed E-state index contributed by atoms with van der Waals surface area (Å²) in [7, 11) is 0. The Morgan fingerprint density at radius 2 is 1.94 bits per heavy atom. The Morgan fingerprint density at radius 3 is 2.50 bits per heavy atom. The summed E-state index contributed by atoms with van der Waals surface area (Å²) in [6.45, 7) is 4.06. The molecule has 0 saturated heterocycles. The molecule has 0 aliphatic heterocycles. The number of nitrogens with one attached hydrogen (secondary N) is 1. The summed E-state index contributed by atoms with van der Waals surface area (Å²) < 4.78 is 0. The van der Waals surface area contributed by atoms with Crippen molar-refractivity contribution >= 4 is 23.2 Å². The van der Waals surface area contributed by atoms with Crippen molar-refractivity contribution in [3.05, 3.63) is 34.9 Å². The van der Waals surface area contributed by atoms with Gasteiger partial charge in [-0.1, -0.05) is 44.0 Å². The topological polar surface area (TPSA) is 41.5 Å². The molecule has 1 rings (SSSR count). The van der Waals surface area contributed by atoms with Gasteiger partial charge in [0.1, 0.15) is 0 Å². The molecule has 1 aromatic rings. The number of nitrogens with zero attached hydrogens (tertiary/aromatic N) is 1. The summed E-state index contributed by atoms with van der Waals surface area (Å²) in [4.78, 5) is 11.5. The first-order valence-electron chi connectivity index (χ1n) is 6.28. The second-order valence-corrected chi connectivity index (χ2v) is 4.49. The summed E-state index contributed by atoms with van der Waals surface area (Å²) in [5, 5.41) is 4.86. The number of carbonyl (C=O) groups excluding carboxylic acids is 1. The molecule has 3 nitrogen and oxygen atoms in total. The van der Waals surface area contributed by atoms with Crippen LogP contribution in [0.15, 0.2) is 29.4 Å². The molecule has 0 unspecified atom stereocenters. The number of hydrogen-bond acceptors (Lipinski definition) is 2. The predicted molar refractivity (Wildman–Crippen MR) is 75.9 cm³/mol. The van der Waals surface area contributed by atoms with Gasteiger partial charge in [-0.15, -0.1) is 0 Å². The number of carbonyl (C=O) groups is 1. The van der Waals surface area contributed by atoms with Crippen molar-refractivity contribution in [1.29, 1.82) is 0 Å². The summed E-state index contributed by atoms with van der Waals surface area (Å²) >= 11 is 5.83. The van der Waals surface area contributed by atoms with Gasteiger partial charge >= 0.3 is 0 Å². The lowest BCUT2D eigenvalue weighted by Crippen LogP contribution is -2.19. The molecule has 1 aromatic carbocycles. The van der Waals surface area contributed by atoms with Crippen molar-refractivity contribution in [2.24, 2.45) is 5.10 Å². The molecule has 4 heteroatoms. The van der Waals surface area contributed by atoms with Crippen LogP contribution in [0.25, 0.3) is 0 Å². The van der Waals surface area contributed by atoms with Crippen LogP contribution < -0.4 is 5.43 Å². The smallest absolute Gasteiger partial charge is 0.240 e. The third-order valence-electron chi connectivity index (χ3n) is 2.59. The lowest BCUT2D eigenvalue weighted by molar-refractivity contribution is -0.121. The fraction of sp³-hybridized carbons (Fsp3) is 0.429. The van der Waals surface area contributed by atoms with Crippen LogP contribution in [-0.4, -0.2) is 11.6 Å². The van der Waals surface area contributed by atoms with Crippen LogP contribution in [0, 0.1) is 0 Å². The van der Waals surface area contributed by atoms with Crippen molar-refractivity contribution in [3.63, 3.8) is 0 Å². The van der Waals surface area contributed by atoms with Crippen molar-refractivity contribution in [2.75, 3.05) is 0 Å². The van der Waals surface area contributed by atoms with Gasteiger partial charge in [-0.05, 0) is 30.5 Å². The Bertz CT molecular complexity index is 412. The van der Waals surface area contributed by atoms with E-state index in [0.29, 0.717) is 11.4 Å². The average Bonchev–Trinajstić information content (AvgIpc) is 2.39. The summed E-state index contributed by atoms with van der Waals surface area (Å²) in [5.74, 6) is -0.0308. The van der Waals surface area contributed by atoms with Gasteiger partial charge in [0.2, 0.25) is 5.91 Å². The fourth-order valence-electron chi connectivity index (χ4n) is 1.51. The summed E-state index contributed by atoms with van der Waals surface area (Å²) in [6, 6.07) is 7.45. The number of benzene rings is 1. The zero-order chi connectivity index (χ0) is 13.4. The molecule has 0 aliphatic rings. The van der Waals surface area contributed by atoms with Crippen LogP contribution in [0.1, 0.15) is 45.1 Å². The third kappa shape index (κ3) is 4.88. The van der Waals surface area contributed by atoms with Crippen molar-refractivity contribution in [2.45, 2.75) is 39.5 Å². The maximum atomic E-state index is 11.5. The normalized spacial score (nSPS) is 11.4. The van der Waals surface area contributed by atoms with Gasteiger partial charge in [0.25, 0.3) is 0 Å². The van der Waals surface area contributed by atoms with E-state index in [1.54, 1.807) is 0 Å². The third-order valence-corrected chi connectivity index (χ3v) is 2.84. The summed E-state index contributed by atoms with van der Waals surface area (Å²) in [6.07, 6.45) is 3.19. The van der Waals surface area contributed by atoms with Crippen molar-refractivity contribution in [3.8, 4) is 0 Å². The molecular formula is C14H19ClN2O. The minimum absolute atomic E-state index is 0.0308. The molecule has 0 atom stereocenters. The number of amides is 1. The first-order valence-corrected chi connectivity index (χ1v) is 6.66. The van der Waals surface area contributed by atoms with E-state index in [2.05, 4.69) is 17.5 Å². The molecule has 0 saturated carbocycles. The minimum atomic E-state index is -0.0308. The van der Waals surface area contributed by atoms with E-state index in [1.165, 1.54) is 0 Å². The lowest BCUT2D eigenvalue weighted by atomic mass is 10.1. The van der Waals surface area contributed by atoms with E-state index in [-0.39, 0.29) is 5.91 Å². The van der Waals surface area contributed by atoms with Crippen LogP contribution in [0.5, 0.6) is 0 Å². The van der Waals surface area contributed by atoms with Gasteiger partial charge in [0.15, 0.2) is 0 Å². The second-order valence-electron chi connectivity index (χ2n) is 4.06. The molecular weight excluding hydrogens is 248 g/mol. The quantitative estimate of drug-likeness (QED) is 0.618. The predicted octanol–water partition coefficient (Wildman–Crippen LogP) is 3.76. The molecule has 0 heterocycles. The summed E-state index contributed by atoms with van der Waals surface area (Å²) in [5.41, 5.74) is 4.44. The van der Waals surface area contributed by atoms with Gasteiger partial charge in [-0.2, -0.15) is 5.10 Å². The molecule has 0 spiro atoms. The molecule has 1 amide bonds. The first-order chi connectivity index (χ1) is 8.67. The Hall–Kier alpha value is -1.35. The lowest BCUT2D eigenvalue weighted by Gasteiger charge is -2.05. The molecule has 0 radical (unpaired) electrons. The van der Waals surface area contributed by atoms with E-state index in [1.807, 2.05) is 31.2 Å². The molecule has 0 bridgehead atoms. The van der Waals surface area contributed by atoms with E-state index in [9.17, 15) is 4.79 Å². The van der Waals surface area contributed by atoms with Gasteiger partial charge in [-0.3, -0.25) is 4.79 Å². The highest BCUT2D eigenvalue weighted by Crippen LogP contribution is 2.11. The number of hydrogen-bond donors (Lipinski definition) is 1. The van der Waals surface area contributed by atoms with Gasteiger partial charge in [0, 0.05) is 11.4 Å². The van der Waals surface area contributed by atoms with E-state index in [4.69, 9.17) is 11.6 Å². The monoisotopic (exact) mass is 266 g/mol. The van der Waals surface area contributed by atoms with Gasteiger partial charge in [-0.25, -0.2) is 5.43 Å². The highest BCUT2D eigenvalue weighted by atomic mass is 35.5. The van der Waals surface area contributed by atoms with Gasteiger partial charge in [0.05, 0.1) is 5.71 Å². The fourth-order valence-corrected chi connectivity index (χ4v) is 1.64. The van der Waals surface area contributed by atoms with Gasteiger partial charge < -0.3 is 0 Å². The van der Waals surface area contributed by atoms with E-state index >= 15 is 0 Å². The van der Waals surface area contributed by atoms with Crippen molar-refractivity contribution < 1.29 is 4.79 Å². The number of rotatable bonds is 6. The molecule has 98 valence electrons. The number of hydrazone groups is 1. The van der Waals surface area contributed by atoms with Crippen LogP contribution in [0.3, 0.4) is 0 Å². The Morgan fingerprint density at radius 1 is 1.28 bits per heavy atom. The first kappa shape index (κ1) is 14.7. The zero-order valence-electron chi connectivity index (χ0n) is 10.9. The standard InChI is InChI=1S/C14H19ClN2O/c1-3-5-6-14(18)17-16-13(4-2)11-7-9-12(15)10-8-11/h7-10H,3-6H2,1-2H3,(H,17,18)/b16-13+. The minimum Gasteiger partial charge on any atom is -0.273 e. The largest absolute Gasteiger partial charge is 0.273 e.